The molecule has 0 aromatic rings. The average Bonchev–Trinajstić information content (AvgIpc) is 2.08. The van der Waals surface area contributed by atoms with Gasteiger partial charge in [0.1, 0.15) is 6.61 Å². The number of hydrogen-bond acceptors (Lipinski definition) is 3. The Kier molecular flexibility index (Phi) is 6.73. The highest BCUT2D eigenvalue weighted by molar-refractivity contribution is 5.64. The zero-order valence-corrected chi connectivity index (χ0v) is 7.03. The molecule has 1 aliphatic rings. The highest BCUT2D eigenvalue weighted by Gasteiger charge is 1.82. The van der Waals surface area contributed by atoms with Crippen molar-refractivity contribution in [3.63, 3.8) is 0 Å². The number of nitrogens with two attached hydrogens (primary N) is 1. The molecule has 4 nitrogen and oxygen atoms in total. The molecule has 1 rings (SSSR count). The highest BCUT2D eigenvalue weighted by atomic mass is 16.5. The van der Waals surface area contributed by atoms with E-state index in [1.54, 1.807) is 13.2 Å². The van der Waals surface area contributed by atoms with Crippen LogP contribution >= 0.6 is 0 Å². The smallest absolute Gasteiger partial charge is 0.404 e. The first-order valence-electron chi connectivity index (χ1n) is 3.63. The lowest BCUT2D eigenvalue weighted by Gasteiger charge is -1.94. The second-order valence-electron chi connectivity index (χ2n) is 1.84. The van der Waals surface area contributed by atoms with E-state index in [9.17, 15) is 4.79 Å². The predicted octanol–water partition coefficient (Wildman–Crippen LogP) is 1.19. The fraction of sp³-hybridized carbons (Fsp3) is 0.375. The van der Waals surface area contributed by atoms with Crippen molar-refractivity contribution in [3.8, 4) is 0 Å². The summed E-state index contributed by atoms with van der Waals surface area (Å²) in [5.74, 6) is 0. The summed E-state index contributed by atoms with van der Waals surface area (Å²) in [7, 11) is 0. The summed E-state index contributed by atoms with van der Waals surface area (Å²) in [5.41, 5.74) is 4.54. The monoisotopic (exact) mass is 171 g/mol. The maximum absolute atomic E-state index is 9.60. The Bertz CT molecular complexity index is 163. The first kappa shape index (κ1) is 10.6. The van der Waals surface area contributed by atoms with Crippen LogP contribution in [0, 0.1) is 0 Å². The van der Waals surface area contributed by atoms with Crippen LogP contribution in [0.25, 0.3) is 0 Å². The zero-order valence-electron chi connectivity index (χ0n) is 7.03. The van der Waals surface area contributed by atoms with E-state index >= 15 is 0 Å². The fourth-order valence-corrected chi connectivity index (χ4v) is 0.488. The molecule has 0 saturated heterocycles. The molecule has 2 N–H and O–H groups in total. The maximum Gasteiger partial charge on any atom is 0.404 e. The van der Waals surface area contributed by atoms with E-state index in [2.05, 4.69) is 10.5 Å². The molecule has 1 amide bonds. The van der Waals surface area contributed by atoms with Crippen molar-refractivity contribution in [2.75, 3.05) is 13.2 Å². The van der Waals surface area contributed by atoms with Crippen molar-refractivity contribution in [2.45, 2.75) is 6.92 Å². The SMILES string of the molecule is C1=CCOC=C1.CCOC(N)=O. The van der Waals surface area contributed by atoms with E-state index in [4.69, 9.17) is 4.74 Å². The molecule has 0 unspecified atom stereocenters. The molecule has 0 fully saturated rings. The van der Waals surface area contributed by atoms with Crippen molar-refractivity contribution >= 4 is 6.09 Å². The summed E-state index contributed by atoms with van der Waals surface area (Å²) >= 11 is 0. The largest absolute Gasteiger partial charge is 0.497 e. The minimum Gasteiger partial charge on any atom is -0.497 e. The summed E-state index contributed by atoms with van der Waals surface area (Å²) in [6, 6.07) is 0. The van der Waals surface area contributed by atoms with Gasteiger partial charge in [-0.3, -0.25) is 0 Å². The number of carbonyl (C=O) groups is 1. The Morgan fingerprint density at radius 1 is 1.67 bits per heavy atom. The second kappa shape index (κ2) is 7.65. The molecule has 0 aromatic heterocycles. The minimum atomic E-state index is -0.711. The highest BCUT2D eigenvalue weighted by Crippen LogP contribution is 1.87. The average molecular weight is 171 g/mol. The van der Waals surface area contributed by atoms with E-state index in [0.29, 0.717) is 6.61 Å². The van der Waals surface area contributed by atoms with E-state index in [0.717, 1.165) is 6.61 Å². The van der Waals surface area contributed by atoms with Crippen LogP contribution in [0.1, 0.15) is 6.92 Å². The van der Waals surface area contributed by atoms with Gasteiger partial charge in [-0.1, -0.05) is 6.08 Å². The van der Waals surface area contributed by atoms with Crippen LogP contribution in [-0.4, -0.2) is 19.3 Å². The van der Waals surface area contributed by atoms with Crippen LogP contribution in [0.15, 0.2) is 24.5 Å². The molecule has 0 radical (unpaired) electrons. The summed E-state index contributed by atoms with van der Waals surface area (Å²) in [4.78, 5) is 9.60. The number of carbonyl (C=O) groups excluding carboxylic acids is 1. The van der Waals surface area contributed by atoms with Gasteiger partial charge in [-0.2, -0.15) is 0 Å². The number of rotatable bonds is 1. The van der Waals surface area contributed by atoms with Crippen LogP contribution in [0.4, 0.5) is 4.79 Å². The van der Waals surface area contributed by atoms with E-state index in [1.165, 1.54) is 0 Å². The standard InChI is InChI=1S/C5H6O.C3H7NO2/c1-2-4-6-5-3-1;1-2-6-3(4)5/h1-4H,5H2;2H2,1H3,(H2,4,5). The Morgan fingerprint density at radius 3 is 2.50 bits per heavy atom. The lowest BCUT2D eigenvalue weighted by molar-refractivity contribution is 0.163. The normalized spacial score (nSPS) is 12.4. The first-order valence-corrected chi connectivity index (χ1v) is 3.63. The van der Waals surface area contributed by atoms with Crippen LogP contribution in [0.5, 0.6) is 0 Å². The van der Waals surface area contributed by atoms with Gasteiger partial charge in [0, 0.05) is 0 Å². The Morgan fingerprint density at radius 2 is 2.42 bits per heavy atom. The number of hydrogen-bond donors (Lipinski definition) is 1. The van der Waals surface area contributed by atoms with Crippen molar-refractivity contribution in [3.05, 3.63) is 24.5 Å². The summed E-state index contributed by atoms with van der Waals surface area (Å²) in [6.07, 6.45) is 6.75. The molecule has 1 aliphatic heterocycles. The number of ether oxygens (including phenoxy) is 2. The lowest BCUT2D eigenvalue weighted by atomic mass is 10.5. The quantitative estimate of drug-likeness (QED) is 0.644. The van der Waals surface area contributed by atoms with Crippen LogP contribution in [0.2, 0.25) is 0 Å². The third kappa shape index (κ3) is 8.55. The molecule has 1 heterocycles. The maximum atomic E-state index is 9.60. The second-order valence-corrected chi connectivity index (χ2v) is 1.84. The molecule has 68 valence electrons. The molecule has 0 spiro atoms. The van der Waals surface area contributed by atoms with E-state index < -0.39 is 6.09 Å². The Hall–Kier alpha value is -1.45. The molecular formula is C8H13NO3. The van der Waals surface area contributed by atoms with Gasteiger partial charge in [0.05, 0.1) is 12.9 Å². The molecule has 0 bridgehead atoms. The zero-order chi connectivity index (χ0) is 9.23. The van der Waals surface area contributed by atoms with Crippen LogP contribution in [-0.2, 0) is 9.47 Å². The first-order chi connectivity index (χ1) is 5.77. The van der Waals surface area contributed by atoms with E-state index in [-0.39, 0.29) is 0 Å². The van der Waals surface area contributed by atoms with Crippen molar-refractivity contribution in [1.29, 1.82) is 0 Å². The van der Waals surface area contributed by atoms with Gasteiger partial charge in [0.2, 0.25) is 0 Å². The molecule has 0 aliphatic carbocycles. The van der Waals surface area contributed by atoms with Crippen molar-refractivity contribution in [1.82, 2.24) is 0 Å². The minimum absolute atomic E-state index is 0.356. The van der Waals surface area contributed by atoms with Gasteiger partial charge >= 0.3 is 6.09 Å². The molecule has 12 heavy (non-hydrogen) atoms. The van der Waals surface area contributed by atoms with Crippen molar-refractivity contribution < 1.29 is 14.3 Å². The molecule has 0 atom stereocenters. The van der Waals surface area contributed by atoms with E-state index in [1.807, 2.05) is 18.2 Å². The Labute approximate surface area is 71.6 Å². The predicted molar refractivity (Wildman–Crippen MR) is 45.4 cm³/mol. The van der Waals surface area contributed by atoms with Gasteiger partial charge in [-0.05, 0) is 19.1 Å². The third-order valence-corrected chi connectivity index (χ3v) is 0.901. The molecule has 0 saturated carbocycles. The number of amides is 1. The van der Waals surface area contributed by atoms with Gasteiger partial charge in [0.25, 0.3) is 0 Å². The summed E-state index contributed by atoms with van der Waals surface area (Å²) in [6.45, 7) is 2.79. The molecule has 0 aromatic carbocycles. The van der Waals surface area contributed by atoms with Crippen molar-refractivity contribution in [2.24, 2.45) is 5.73 Å². The number of allylic oxidation sites excluding steroid dienone is 2. The molecule has 4 heteroatoms. The third-order valence-electron chi connectivity index (χ3n) is 0.901. The van der Waals surface area contributed by atoms with Crippen LogP contribution in [0.3, 0.4) is 0 Å². The van der Waals surface area contributed by atoms with Gasteiger partial charge in [-0.15, -0.1) is 0 Å². The summed E-state index contributed by atoms with van der Waals surface area (Å²) < 4.78 is 8.98. The topological polar surface area (TPSA) is 61.6 Å². The fourth-order valence-electron chi connectivity index (χ4n) is 0.488. The molecular weight excluding hydrogens is 158 g/mol. The Balaban J connectivity index is 0.000000202. The summed E-state index contributed by atoms with van der Waals surface area (Å²) in [5, 5.41) is 0. The van der Waals surface area contributed by atoms with Gasteiger partial charge in [-0.25, -0.2) is 4.79 Å². The number of primary amides is 1. The van der Waals surface area contributed by atoms with Gasteiger partial charge in [0.15, 0.2) is 0 Å². The van der Waals surface area contributed by atoms with Crippen LogP contribution < -0.4 is 5.73 Å². The lowest BCUT2D eigenvalue weighted by Crippen LogP contribution is -2.11. The van der Waals surface area contributed by atoms with Gasteiger partial charge < -0.3 is 15.2 Å².